The number of aryl methyl sites for hydroxylation is 1. The first-order valence-electron chi connectivity index (χ1n) is 9.46. The number of carbonyl (C=O) groups is 1. The van der Waals surface area contributed by atoms with Crippen LogP contribution in [0.1, 0.15) is 43.3 Å². The van der Waals surface area contributed by atoms with Crippen molar-refractivity contribution in [1.29, 1.82) is 0 Å². The van der Waals surface area contributed by atoms with E-state index in [4.69, 9.17) is 10.5 Å². The zero-order valence-electron chi connectivity index (χ0n) is 15.1. The molecule has 2 aliphatic rings. The molecule has 1 aromatic rings. The van der Waals surface area contributed by atoms with Crippen molar-refractivity contribution in [2.24, 2.45) is 11.7 Å². The summed E-state index contributed by atoms with van der Waals surface area (Å²) in [6, 6.07) is 0. The minimum Gasteiger partial charge on any atom is -0.364 e. The molecule has 3 heterocycles. The monoisotopic (exact) mass is 366 g/mol. The van der Waals surface area contributed by atoms with E-state index in [0.717, 1.165) is 58.3 Å². The van der Waals surface area contributed by atoms with E-state index in [1.807, 2.05) is 0 Å². The van der Waals surface area contributed by atoms with Crippen LogP contribution in [0.2, 0.25) is 0 Å². The molecule has 0 aromatic carbocycles. The van der Waals surface area contributed by atoms with E-state index in [0.29, 0.717) is 12.5 Å². The molecule has 6 nitrogen and oxygen atoms in total. The quantitative estimate of drug-likeness (QED) is 0.765. The predicted octanol–water partition coefficient (Wildman–Crippen LogP) is 1.54. The number of carbonyl (C=O) groups excluding carboxylic acids is 1. The van der Waals surface area contributed by atoms with E-state index in [-0.39, 0.29) is 18.1 Å². The second-order valence-corrected chi connectivity index (χ2v) is 8.05. The Labute approximate surface area is 154 Å². The van der Waals surface area contributed by atoms with Crippen molar-refractivity contribution >= 4 is 17.2 Å². The lowest BCUT2D eigenvalue weighted by atomic mass is 9.96. The van der Waals surface area contributed by atoms with Crippen molar-refractivity contribution in [3.63, 3.8) is 0 Å². The summed E-state index contributed by atoms with van der Waals surface area (Å²) >= 11 is 1.76. The van der Waals surface area contributed by atoms with Gasteiger partial charge < -0.3 is 15.8 Å². The van der Waals surface area contributed by atoms with Crippen molar-refractivity contribution < 1.29 is 9.53 Å². The summed E-state index contributed by atoms with van der Waals surface area (Å²) in [4.78, 5) is 19.3. The van der Waals surface area contributed by atoms with Crippen LogP contribution < -0.4 is 11.1 Å². The molecule has 2 aliphatic heterocycles. The van der Waals surface area contributed by atoms with Crippen LogP contribution in [0.5, 0.6) is 0 Å². The van der Waals surface area contributed by atoms with Gasteiger partial charge in [-0.2, -0.15) is 0 Å². The van der Waals surface area contributed by atoms with Gasteiger partial charge in [-0.3, -0.25) is 9.69 Å². The van der Waals surface area contributed by atoms with Crippen LogP contribution >= 0.6 is 11.3 Å². The topological polar surface area (TPSA) is 80.5 Å². The van der Waals surface area contributed by atoms with Gasteiger partial charge >= 0.3 is 0 Å². The number of rotatable bonds is 7. The summed E-state index contributed by atoms with van der Waals surface area (Å²) in [7, 11) is 0. The van der Waals surface area contributed by atoms with E-state index >= 15 is 0 Å². The third kappa shape index (κ3) is 5.23. The number of amides is 1. The van der Waals surface area contributed by atoms with Crippen LogP contribution in [0.25, 0.3) is 0 Å². The Balaban J connectivity index is 1.34. The maximum Gasteiger partial charge on any atom is 0.249 e. The van der Waals surface area contributed by atoms with Crippen molar-refractivity contribution in [3.8, 4) is 0 Å². The number of aromatic nitrogens is 1. The van der Waals surface area contributed by atoms with Crippen molar-refractivity contribution in [2.75, 3.05) is 26.2 Å². The fraction of sp³-hybridized carbons (Fsp3) is 0.778. The van der Waals surface area contributed by atoms with Gasteiger partial charge in [0, 0.05) is 25.0 Å². The third-order valence-corrected chi connectivity index (χ3v) is 6.26. The molecule has 2 fully saturated rings. The zero-order chi connectivity index (χ0) is 17.6. The van der Waals surface area contributed by atoms with Crippen LogP contribution in [0.15, 0.2) is 5.38 Å². The van der Waals surface area contributed by atoms with Gasteiger partial charge in [-0.1, -0.05) is 6.92 Å². The molecule has 0 unspecified atom stereocenters. The first kappa shape index (κ1) is 18.8. The van der Waals surface area contributed by atoms with Crippen molar-refractivity contribution in [1.82, 2.24) is 15.2 Å². The largest absolute Gasteiger partial charge is 0.364 e. The zero-order valence-corrected chi connectivity index (χ0v) is 15.9. The van der Waals surface area contributed by atoms with Gasteiger partial charge in [-0.05, 0) is 51.1 Å². The van der Waals surface area contributed by atoms with Gasteiger partial charge in [0.05, 0.1) is 16.8 Å². The molecule has 0 aliphatic carbocycles. The van der Waals surface area contributed by atoms with Crippen molar-refractivity contribution in [2.45, 2.75) is 57.8 Å². The van der Waals surface area contributed by atoms with Gasteiger partial charge in [0.1, 0.15) is 6.10 Å². The van der Waals surface area contributed by atoms with Crippen LogP contribution in [-0.4, -0.2) is 54.2 Å². The Morgan fingerprint density at radius 1 is 1.40 bits per heavy atom. The van der Waals surface area contributed by atoms with Gasteiger partial charge in [-0.15, -0.1) is 11.3 Å². The molecule has 0 bridgehead atoms. The maximum absolute atomic E-state index is 12.2. The molecule has 0 radical (unpaired) electrons. The third-order valence-electron chi connectivity index (χ3n) is 5.22. The highest BCUT2D eigenvalue weighted by molar-refractivity contribution is 7.09. The Kier molecular flexibility index (Phi) is 6.81. The molecule has 2 saturated heterocycles. The van der Waals surface area contributed by atoms with Gasteiger partial charge in [-0.25, -0.2) is 4.98 Å². The Hall–Kier alpha value is -1.02. The minimum absolute atomic E-state index is 0.0351. The van der Waals surface area contributed by atoms with Crippen LogP contribution in [0.4, 0.5) is 0 Å². The van der Waals surface area contributed by atoms with E-state index in [2.05, 4.69) is 27.5 Å². The standard InChI is InChI=1S/C18H30N4O2S/c1-2-17-21-14(12-25-17)11-22-7-5-13(6-8-22)10-20-18(23)16-4-3-15(9-19)24-16/h12-13,15-16H,2-11,19H2,1H3,(H,20,23)/t15-,16+/m1/s1. The smallest absolute Gasteiger partial charge is 0.249 e. The highest BCUT2D eigenvalue weighted by Gasteiger charge is 2.30. The maximum atomic E-state index is 12.2. The first-order chi connectivity index (χ1) is 12.2. The number of nitrogens with zero attached hydrogens (tertiary/aromatic N) is 2. The average molecular weight is 367 g/mol. The highest BCUT2D eigenvalue weighted by atomic mass is 32.1. The van der Waals surface area contributed by atoms with Crippen molar-refractivity contribution in [3.05, 3.63) is 16.1 Å². The molecule has 3 rings (SSSR count). The Bertz CT molecular complexity index is 557. The fourth-order valence-electron chi connectivity index (χ4n) is 3.59. The molecule has 0 saturated carbocycles. The lowest BCUT2D eigenvalue weighted by Crippen LogP contribution is -2.41. The molecule has 1 aromatic heterocycles. The number of nitrogens with two attached hydrogens (primary N) is 1. The second kappa shape index (κ2) is 9.07. The summed E-state index contributed by atoms with van der Waals surface area (Å²) in [5.41, 5.74) is 6.80. The van der Waals surface area contributed by atoms with E-state index in [1.54, 1.807) is 11.3 Å². The summed E-state index contributed by atoms with van der Waals surface area (Å²) < 4.78 is 5.66. The molecule has 3 N–H and O–H groups in total. The normalized spacial score (nSPS) is 25.4. The summed E-state index contributed by atoms with van der Waals surface area (Å²) in [5.74, 6) is 0.599. The average Bonchev–Trinajstić information content (AvgIpc) is 3.30. The van der Waals surface area contributed by atoms with E-state index in [9.17, 15) is 4.79 Å². The lowest BCUT2D eigenvalue weighted by molar-refractivity contribution is -0.132. The molecule has 2 atom stereocenters. The van der Waals surface area contributed by atoms with Gasteiger partial charge in [0.25, 0.3) is 0 Å². The fourth-order valence-corrected chi connectivity index (χ4v) is 4.33. The number of piperidine rings is 1. The Morgan fingerprint density at radius 3 is 2.84 bits per heavy atom. The Morgan fingerprint density at radius 2 is 2.20 bits per heavy atom. The van der Waals surface area contributed by atoms with Gasteiger partial charge in [0.15, 0.2) is 0 Å². The predicted molar refractivity (Wildman–Crippen MR) is 99.5 cm³/mol. The molecular formula is C18H30N4O2S. The number of thiazole rings is 1. The van der Waals surface area contributed by atoms with E-state index in [1.165, 1.54) is 10.7 Å². The minimum atomic E-state index is -0.300. The first-order valence-corrected chi connectivity index (χ1v) is 10.3. The molecule has 140 valence electrons. The highest BCUT2D eigenvalue weighted by Crippen LogP contribution is 2.21. The molecular weight excluding hydrogens is 336 g/mol. The number of likely N-dealkylation sites (tertiary alicyclic amines) is 1. The SMILES string of the molecule is CCc1nc(CN2CCC(CNC(=O)[C@@H]3CC[C@H](CN)O3)CC2)cs1. The van der Waals surface area contributed by atoms with E-state index < -0.39 is 0 Å². The summed E-state index contributed by atoms with van der Waals surface area (Å²) in [6.07, 6.45) is 4.71. The number of ether oxygens (including phenoxy) is 1. The van der Waals surface area contributed by atoms with Crippen LogP contribution in [0.3, 0.4) is 0 Å². The molecule has 1 amide bonds. The molecule has 7 heteroatoms. The number of nitrogens with one attached hydrogen (secondary N) is 1. The summed E-state index contributed by atoms with van der Waals surface area (Å²) in [6.45, 7) is 6.52. The van der Waals surface area contributed by atoms with Crippen LogP contribution in [0, 0.1) is 5.92 Å². The van der Waals surface area contributed by atoms with Crippen LogP contribution in [-0.2, 0) is 22.5 Å². The second-order valence-electron chi connectivity index (χ2n) is 7.11. The van der Waals surface area contributed by atoms with Gasteiger partial charge in [0.2, 0.25) is 5.91 Å². The lowest BCUT2D eigenvalue weighted by Gasteiger charge is -2.31. The molecule has 25 heavy (non-hydrogen) atoms. The number of hydrogen-bond donors (Lipinski definition) is 2. The molecule has 0 spiro atoms. The summed E-state index contributed by atoms with van der Waals surface area (Å²) in [5, 5.41) is 6.48. The number of hydrogen-bond acceptors (Lipinski definition) is 6.